The Morgan fingerprint density at radius 1 is 1.20 bits per heavy atom. The predicted octanol–water partition coefficient (Wildman–Crippen LogP) is 3.46. The number of ether oxygens (including phenoxy) is 2. The molecule has 0 radical (unpaired) electrons. The third-order valence-corrected chi connectivity index (χ3v) is 6.39. The molecule has 1 spiro atoms. The quantitative estimate of drug-likeness (QED) is 0.696. The Balaban J connectivity index is 1.29. The number of carbonyl (C=O) groups excluding carboxylic acids is 2. The Hall–Kier alpha value is -2.60. The number of hydrogen-bond acceptors (Lipinski definition) is 5. The molecule has 0 N–H and O–H groups in total. The van der Waals surface area contributed by atoms with Crippen LogP contribution in [0, 0.1) is 12.8 Å². The lowest BCUT2D eigenvalue weighted by Crippen LogP contribution is -2.46. The molecule has 1 atom stereocenters. The Kier molecular flexibility index (Phi) is 5.95. The first-order chi connectivity index (χ1) is 14.5. The first-order valence-electron chi connectivity index (χ1n) is 10.7. The minimum atomic E-state index is -0.367. The number of rotatable bonds is 5. The smallest absolute Gasteiger partial charge is 0.410 e. The Labute approximate surface area is 178 Å². The second-order valence-corrected chi connectivity index (χ2v) is 8.67. The summed E-state index contributed by atoms with van der Waals surface area (Å²) in [4.78, 5) is 28.4. The molecular weight excluding hydrogens is 380 g/mol. The SMILES string of the molecule is COC(=O)C1C=CC(CN2CC3(CCN(Cc4ccc(C)cc4)CC3)OC2=O)=CC1. The highest BCUT2D eigenvalue weighted by atomic mass is 16.6. The van der Waals surface area contributed by atoms with Crippen LogP contribution in [0.25, 0.3) is 0 Å². The molecule has 160 valence electrons. The van der Waals surface area contributed by atoms with Crippen molar-refractivity contribution in [3.63, 3.8) is 0 Å². The zero-order valence-corrected chi connectivity index (χ0v) is 17.8. The number of amides is 1. The van der Waals surface area contributed by atoms with E-state index in [9.17, 15) is 9.59 Å². The Bertz CT molecular complexity index is 850. The molecule has 30 heavy (non-hydrogen) atoms. The number of allylic oxidation sites excluding steroid dienone is 1. The maximum absolute atomic E-state index is 12.5. The topological polar surface area (TPSA) is 59.1 Å². The number of aryl methyl sites for hydroxylation is 1. The number of piperidine rings is 1. The molecule has 1 amide bonds. The van der Waals surface area contributed by atoms with E-state index < -0.39 is 0 Å². The van der Waals surface area contributed by atoms with Crippen molar-refractivity contribution in [3.05, 3.63) is 59.2 Å². The van der Waals surface area contributed by atoms with Crippen LogP contribution in [0.1, 0.15) is 30.4 Å². The number of carbonyl (C=O) groups is 2. The van der Waals surface area contributed by atoms with Crippen LogP contribution in [0.4, 0.5) is 4.79 Å². The molecule has 4 rings (SSSR count). The van der Waals surface area contributed by atoms with E-state index in [-0.39, 0.29) is 23.6 Å². The van der Waals surface area contributed by atoms with Gasteiger partial charge in [-0.3, -0.25) is 14.6 Å². The minimum Gasteiger partial charge on any atom is -0.469 e. The van der Waals surface area contributed by atoms with E-state index in [0.29, 0.717) is 19.5 Å². The number of methoxy groups -OCH3 is 1. The standard InChI is InChI=1S/C24H30N2O4/c1-18-3-5-19(6-4-18)15-25-13-11-24(12-14-25)17-26(23(28)30-24)16-20-7-9-21(10-8-20)22(27)29-2/h3-9,21H,10-17H2,1-2H3. The predicted molar refractivity (Wildman–Crippen MR) is 114 cm³/mol. The monoisotopic (exact) mass is 410 g/mol. The third-order valence-electron chi connectivity index (χ3n) is 6.39. The van der Waals surface area contributed by atoms with Crippen LogP contribution in [0.2, 0.25) is 0 Å². The van der Waals surface area contributed by atoms with Crippen molar-refractivity contribution in [2.75, 3.05) is 33.3 Å². The van der Waals surface area contributed by atoms with Gasteiger partial charge in [0.25, 0.3) is 0 Å². The minimum absolute atomic E-state index is 0.224. The second kappa shape index (κ2) is 8.64. The van der Waals surface area contributed by atoms with Crippen molar-refractivity contribution in [1.82, 2.24) is 9.80 Å². The van der Waals surface area contributed by atoms with Gasteiger partial charge in [-0.15, -0.1) is 0 Å². The fraction of sp³-hybridized carbons (Fsp3) is 0.500. The van der Waals surface area contributed by atoms with Crippen LogP contribution in [0.15, 0.2) is 48.1 Å². The van der Waals surface area contributed by atoms with Crippen molar-refractivity contribution in [3.8, 4) is 0 Å². The van der Waals surface area contributed by atoms with Gasteiger partial charge in [-0.25, -0.2) is 4.79 Å². The molecule has 2 aliphatic heterocycles. The molecular formula is C24H30N2O4. The van der Waals surface area contributed by atoms with Gasteiger partial charge in [0.1, 0.15) is 5.60 Å². The molecule has 2 fully saturated rings. The van der Waals surface area contributed by atoms with Crippen LogP contribution in [0.3, 0.4) is 0 Å². The van der Waals surface area contributed by atoms with E-state index in [0.717, 1.165) is 38.0 Å². The number of benzene rings is 1. The molecule has 3 aliphatic rings. The molecule has 2 heterocycles. The maximum Gasteiger partial charge on any atom is 0.410 e. The van der Waals surface area contributed by atoms with Gasteiger partial charge >= 0.3 is 12.1 Å². The van der Waals surface area contributed by atoms with Gasteiger partial charge in [0.15, 0.2) is 0 Å². The Morgan fingerprint density at radius 2 is 1.93 bits per heavy atom. The van der Waals surface area contributed by atoms with E-state index in [1.54, 1.807) is 4.90 Å². The summed E-state index contributed by atoms with van der Waals surface area (Å²) in [5.74, 6) is -0.452. The molecule has 6 heteroatoms. The summed E-state index contributed by atoms with van der Waals surface area (Å²) >= 11 is 0. The Morgan fingerprint density at radius 3 is 2.57 bits per heavy atom. The van der Waals surface area contributed by atoms with Crippen LogP contribution in [0.5, 0.6) is 0 Å². The van der Waals surface area contributed by atoms with Gasteiger partial charge in [-0.05, 0) is 24.5 Å². The van der Waals surface area contributed by atoms with E-state index >= 15 is 0 Å². The average Bonchev–Trinajstić information content (AvgIpc) is 3.06. The van der Waals surface area contributed by atoms with Crippen LogP contribution in [-0.4, -0.2) is 60.8 Å². The van der Waals surface area contributed by atoms with Gasteiger partial charge in [0, 0.05) is 39.0 Å². The zero-order chi connectivity index (χ0) is 21.1. The van der Waals surface area contributed by atoms with Crippen LogP contribution in [-0.2, 0) is 20.8 Å². The molecule has 6 nitrogen and oxygen atoms in total. The molecule has 1 unspecified atom stereocenters. The second-order valence-electron chi connectivity index (χ2n) is 8.67. The lowest BCUT2D eigenvalue weighted by atomic mass is 9.90. The largest absolute Gasteiger partial charge is 0.469 e. The zero-order valence-electron chi connectivity index (χ0n) is 17.8. The molecule has 0 aromatic heterocycles. The molecule has 1 aromatic carbocycles. The first-order valence-corrected chi connectivity index (χ1v) is 10.7. The maximum atomic E-state index is 12.5. The highest BCUT2D eigenvalue weighted by molar-refractivity contribution is 5.75. The average molecular weight is 411 g/mol. The van der Waals surface area contributed by atoms with Gasteiger partial charge < -0.3 is 9.47 Å². The third kappa shape index (κ3) is 4.59. The van der Waals surface area contributed by atoms with Crippen molar-refractivity contribution < 1.29 is 19.1 Å². The fourth-order valence-corrected chi connectivity index (χ4v) is 4.47. The van der Waals surface area contributed by atoms with Crippen molar-refractivity contribution in [2.45, 2.75) is 38.3 Å². The lowest BCUT2D eigenvalue weighted by molar-refractivity contribution is -0.143. The molecule has 1 aromatic rings. The summed E-state index contributed by atoms with van der Waals surface area (Å²) < 4.78 is 10.7. The number of hydrogen-bond donors (Lipinski definition) is 0. The summed E-state index contributed by atoms with van der Waals surface area (Å²) in [6.45, 7) is 6.06. The highest BCUT2D eigenvalue weighted by Crippen LogP contribution is 2.34. The molecule has 1 aliphatic carbocycles. The number of esters is 1. The lowest BCUT2D eigenvalue weighted by Gasteiger charge is -2.37. The van der Waals surface area contributed by atoms with E-state index in [1.165, 1.54) is 18.2 Å². The summed E-state index contributed by atoms with van der Waals surface area (Å²) in [6.07, 6.45) is 7.91. The number of likely N-dealkylation sites (tertiary alicyclic amines) is 1. The normalized spacial score (nSPS) is 23.4. The molecule has 0 bridgehead atoms. The number of nitrogens with zero attached hydrogens (tertiary/aromatic N) is 2. The van der Waals surface area contributed by atoms with Crippen LogP contribution < -0.4 is 0 Å². The summed E-state index contributed by atoms with van der Waals surface area (Å²) in [5.41, 5.74) is 3.27. The summed E-state index contributed by atoms with van der Waals surface area (Å²) in [6, 6.07) is 8.68. The van der Waals surface area contributed by atoms with Gasteiger partial charge in [0.2, 0.25) is 0 Å². The van der Waals surface area contributed by atoms with Crippen LogP contribution >= 0.6 is 0 Å². The van der Waals surface area contributed by atoms with Crippen molar-refractivity contribution in [1.29, 1.82) is 0 Å². The first kappa shape index (κ1) is 20.7. The molecule has 2 saturated heterocycles. The van der Waals surface area contributed by atoms with Crippen molar-refractivity contribution in [2.24, 2.45) is 5.92 Å². The van der Waals surface area contributed by atoms with Gasteiger partial charge in [-0.2, -0.15) is 0 Å². The van der Waals surface area contributed by atoms with E-state index in [4.69, 9.17) is 9.47 Å². The van der Waals surface area contributed by atoms with E-state index in [2.05, 4.69) is 36.1 Å². The fourth-order valence-electron chi connectivity index (χ4n) is 4.47. The summed E-state index contributed by atoms with van der Waals surface area (Å²) in [7, 11) is 1.40. The molecule has 0 saturated carbocycles. The van der Waals surface area contributed by atoms with Gasteiger partial charge in [0.05, 0.1) is 19.6 Å². The van der Waals surface area contributed by atoms with Crippen molar-refractivity contribution >= 4 is 12.1 Å². The summed E-state index contributed by atoms with van der Waals surface area (Å²) in [5, 5.41) is 0. The van der Waals surface area contributed by atoms with Gasteiger partial charge in [-0.1, -0.05) is 48.1 Å². The van der Waals surface area contributed by atoms with E-state index in [1.807, 2.05) is 18.2 Å². The highest BCUT2D eigenvalue weighted by Gasteiger charge is 2.46.